The molecule has 0 aromatic carbocycles. The summed E-state index contributed by atoms with van der Waals surface area (Å²) in [4.78, 5) is 3.66. The van der Waals surface area contributed by atoms with Crippen molar-refractivity contribution < 1.29 is 26.3 Å². The van der Waals surface area contributed by atoms with Crippen molar-refractivity contribution in [2.75, 3.05) is 24.5 Å². The van der Waals surface area contributed by atoms with Crippen molar-refractivity contribution in [2.45, 2.75) is 12.4 Å². The number of nitrogens with zero attached hydrogens (tertiary/aromatic N) is 3. The summed E-state index contributed by atoms with van der Waals surface area (Å²) >= 11 is 0.254. The molecule has 104 valence electrons. The van der Waals surface area contributed by atoms with E-state index in [0.717, 1.165) is 0 Å². The molecule has 0 amide bonds. The number of hydrogen-bond acceptors (Lipinski definition) is 5. The molecule has 18 heavy (non-hydrogen) atoms. The van der Waals surface area contributed by atoms with Crippen LogP contribution >= 0.6 is 11.5 Å². The molecule has 0 saturated carbocycles. The van der Waals surface area contributed by atoms with Crippen molar-refractivity contribution in [1.29, 1.82) is 0 Å². The van der Waals surface area contributed by atoms with Crippen LogP contribution in [0.3, 0.4) is 0 Å². The number of alkyl halides is 6. The summed E-state index contributed by atoms with van der Waals surface area (Å²) in [6.45, 7) is -1.82. The highest BCUT2D eigenvalue weighted by Crippen LogP contribution is 2.31. The fourth-order valence-corrected chi connectivity index (χ4v) is 1.78. The van der Waals surface area contributed by atoms with Gasteiger partial charge in [0.25, 0.3) is 0 Å². The fraction of sp³-hybridized carbons (Fsp3) is 0.714. The minimum atomic E-state index is -4.78. The molecule has 0 aliphatic carbocycles. The lowest BCUT2D eigenvalue weighted by Crippen LogP contribution is -2.37. The zero-order valence-corrected chi connectivity index (χ0v) is 9.53. The maximum atomic E-state index is 12.2. The largest absolute Gasteiger partial charge is 0.452 e. The average Bonchev–Trinajstić information content (AvgIpc) is 2.62. The second kappa shape index (κ2) is 5.26. The van der Waals surface area contributed by atoms with Gasteiger partial charge in [-0.3, -0.25) is 0 Å². The van der Waals surface area contributed by atoms with Gasteiger partial charge in [0, 0.05) is 24.6 Å². The molecule has 0 radical (unpaired) electrons. The van der Waals surface area contributed by atoms with Crippen molar-refractivity contribution >= 4 is 16.7 Å². The fourth-order valence-electron chi connectivity index (χ4n) is 1.07. The molecule has 0 aliphatic rings. The van der Waals surface area contributed by atoms with Gasteiger partial charge in [-0.1, -0.05) is 0 Å². The lowest BCUT2D eigenvalue weighted by molar-refractivity contribution is -0.144. The predicted octanol–water partition coefficient (Wildman–Crippen LogP) is 1.88. The molecule has 0 unspecified atom stereocenters. The maximum absolute atomic E-state index is 12.2. The first-order valence-corrected chi connectivity index (χ1v) is 5.33. The molecule has 0 saturated heterocycles. The monoisotopic (exact) mass is 294 g/mol. The van der Waals surface area contributed by atoms with Gasteiger partial charge in [-0.05, 0) is 0 Å². The molecule has 0 spiro atoms. The first-order chi connectivity index (χ1) is 8.13. The van der Waals surface area contributed by atoms with Gasteiger partial charge < -0.3 is 10.6 Å². The second-order valence-corrected chi connectivity index (χ2v) is 3.95. The zero-order chi connectivity index (χ0) is 14.0. The zero-order valence-electron chi connectivity index (χ0n) is 8.72. The summed E-state index contributed by atoms with van der Waals surface area (Å²) in [7, 11) is 0. The van der Waals surface area contributed by atoms with Gasteiger partial charge in [-0.2, -0.15) is 35.7 Å². The van der Waals surface area contributed by atoms with E-state index in [1.165, 1.54) is 0 Å². The molecule has 1 aromatic rings. The summed E-state index contributed by atoms with van der Waals surface area (Å²) in [5.74, 6) is -1.45. The van der Waals surface area contributed by atoms with Crippen LogP contribution < -0.4 is 10.6 Å². The SMILES string of the molecule is NCCN(CC(F)(F)F)c1nc(C(F)(F)F)ns1. The molecule has 2 N–H and O–H groups in total. The van der Waals surface area contributed by atoms with Gasteiger partial charge in [0.1, 0.15) is 6.54 Å². The Kier molecular flexibility index (Phi) is 4.37. The summed E-state index contributed by atoms with van der Waals surface area (Å²) in [6.07, 6.45) is -9.33. The minimum Gasteiger partial charge on any atom is -0.336 e. The van der Waals surface area contributed by atoms with Crippen LogP contribution in [0.5, 0.6) is 0 Å². The third kappa shape index (κ3) is 4.29. The van der Waals surface area contributed by atoms with E-state index in [4.69, 9.17) is 5.73 Å². The van der Waals surface area contributed by atoms with E-state index in [1.54, 1.807) is 0 Å². The Labute approximate surface area is 102 Å². The molecular formula is C7H8F6N4S. The van der Waals surface area contributed by atoms with Crippen molar-refractivity contribution in [2.24, 2.45) is 5.73 Å². The number of hydrogen-bond donors (Lipinski definition) is 1. The van der Waals surface area contributed by atoms with Crippen molar-refractivity contribution in [3.63, 3.8) is 0 Å². The van der Waals surface area contributed by atoms with Gasteiger partial charge >= 0.3 is 12.4 Å². The number of anilines is 1. The number of aromatic nitrogens is 2. The summed E-state index contributed by atoms with van der Waals surface area (Å²) < 4.78 is 76.2. The summed E-state index contributed by atoms with van der Waals surface area (Å²) in [6, 6.07) is 0. The highest BCUT2D eigenvalue weighted by atomic mass is 32.1. The average molecular weight is 294 g/mol. The highest BCUT2D eigenvalue weighted by molar-refractivity contribution is 7.09. The molecule has 0 fully saturated rings. The van der Waals surface area contributed by atoms with Crippen LogP contribution in [0.15, 0.2) is 0 Å². The Balaban J connectivity index is 2.89. The van der Waals surface area contributed by atoms with Crippen molar-refractivity contribution in [1.82, 2.24) is 9.36 Å². The van der Waals surface area contributed by atoms with Crippen LogP contribution in [0.1, 0.15) is 5.82 Å². The first kappa shape index (κ1) is 15.0. The lowest BCUT2D eigenvalue weighted by Gasteiger charge is -2.21. The Morgan fingerprint density at radius 2 is 1.78 bits per heavy atom. The van der Waals surface area contributed by atoms with Crippen LogP contribution in [0.25, 0.3) is 0 Å². The third-order valence-electron chi connectivity index (χ3n) is 1.71. The van der Waals surface area contributed by atoms with Gasteiger partial charge in [0.05, 0.1) is 0 Å². The van der Waals surface area contributed by atoms with E-state index in [1.807, 2.05) is 0 Å². The van der Waals surface area contributed by atoms with Gasteiger partial charge in [0.2, 0.25) is 11.0 Å². The summed E-state index contributed by atoms with van der Waals surface area (Å²) in [5.41, 5.74) is 5.10. The predicted molar refractivity (Wildman–Crippen MR) is 52.2 cm³/mol. The van der Waals surface area contributed by atoms with Crippen LogP contribution in [0.2, 0.25) is 0 Å². The molecule has 1 rings (SSSR count). The van der Waals surface area contributed by atoms with Crippen molar-refractivity contribution in [3.05, 3.63) is 5.82 Å². The molecular weight excluding hydrogens is 286 g/mol. The Hall–Kier alpha value is -1.10. The van der Waals surface area contributed by atoms with Gasteiger partial charge in [0.15, 0.2) is 0 Å². The maximum Gasteiger partial charge on any atom is 0.452 e. The van der Waals surface area contributed by atoms with Crippen LogP contribution in [-0.4, -0.2) is 35.2 Å². The Morgan fingerprint density at radius 1 is 1.17 bits per heavy atom. The minimum absolute atomic E-state index is 0.142. The van der Waals surface area contributed by atoms with Crippen molar-refractivity contribution in [3.8, 4) is 0 Å². The summed E-state index contributed by atoms with van der Waals surface area (Å²) in [5, 5.41) is -0.454. The number of nitrogens with two attached hydrogens (primary N) is 1. The van der Waals surface area contributed by atoms with Crippen LogP contribution in [-0.2, 0) is 6.18 Å². The molecule has 0 atom stereocenters. The number of rotatable bonds is 4. The Bertz CT molecular complexity index is 386. The topological polar surface area (TPSA) is 55.0 Å². The lowest BCUT2D eigenvalue weighted by atomic mass is 10.5. The normalized spacial score (nSPS) is 12.8. The highest BCUT2D eigenvalue weighted by Gasteiger charge is 2.38. The van der Waals surface area contributed by atoms with E-state index < -0.39 is 29.9 Å². The van der Waals surface area contributed by atoms with Crippen LogP contribution in [0, 0.1) is 0 Å². The first-order valence-electron chi connectivity index (χ1n) is 4.56. The molecule has 1 aromatic heterocycles. The molecule has 4 nitrogen and oxygen atoms in total. The van der Waals surface area contributed by atoms with E-state index in [9.17, 15) is 26.3 Å². The molecule has 11 heteroatoms. The van der Waals surface area contributed by atoms with E-state index >= 15 is 0 Å². The smallest absolute Gasteiger partial charge is 0.336 e. The molecule has 1 heterocycles. The van der Waals surface area contributed by atoms with Gasteiger partial charge in [-0.25, -0.2) is 0 Å². The standard InChI is InChI=1S/C7H8F6N4S/c8-6(9,10)3-17(2-1-14)5-15-4(16-18-5)7(11,12)13/h1-3,14H2. The third-order valence-corrected chi connectivity index (χ3v) is 2.49. The quantitative estimate of drug-likeness (QED) is 0.862. The molecule has 0 bridgehead atoms. The molecule has 0 aliphatic heterocycles. The van der Waals surface area contributed by atoms with Gasteiger partial charge in [-0.15, -0.1) is 0 Å². The second-order valence-electron chi connectivity index (χ2n) is 3.22. The Morgan fingerprint density at radius 3 is 2.17 bits per heavy atom. The number of halogens is 6. The van der Waals surface area contributed by atoms with E-state index in [2.05, 4.69) is 9.36 Å². The van der Waals surface area contributed by atoms with Crippen LogP contribution in [0.4, 0.5) is 31.5 Å². The van der Waals surface area contributed by atoms with E-state index in [0.29, 0.717) is 4.90 Å². The van der Waals surface area contributed by atoms with E-state index in [-0.39, 0.29) is 24.6 Å².